The van der Waals surface area contributed by atoms with Crippen LogP contribution in [0.15, 0.2) is 0 Å². The van der Waals surface area contributed by atoms with Gasteiger partial charge in [-0.05, 0) is 97.2 Å². The van der Waals surface area contributed by atoms with Crippen LogP contribution in [0, 0.1) is 52.3 Å². The Morgan fingerprint density at radius 2 is 1.77 bits per heavy atom. The van der Waals surface area contributed by atoms with Gasteiger partial charge in [0.2, 0.25) is 0 Å². The van der Waals surface area contributed by atoms with Crippen molar-refractivity contribution in [1.82, 2.24) is 20.6 Å². The van der Waals surface area contributed by atoms with Gasteiger partial charge in [0.25, 0.3) is 0 Å². The molecule has 0 amide bonds. The van der Waals surface area contributed by atoms with Gasteiger partial charge in [-0.1, -0.05) is 39.3 Å². The first kappa shape index (κ1) is 21.8. The minimum absolute atomic E-state index is 0.174. The normalized spacial score (nSPS) is 50.4. The fraction of sp³-hybridized carbons (Fsp3) is 0.960. The van der Waals surface area contributed by atoms with Crippen LogP contribution in [0.1, 0.15) is 84.9 Å². The maximum atomic E-state index is 11.8. The maximum Gasteiger partial charge on any atom is 0.174 e. The Kier molecular flexibility index (Phi) is 5.48. The van der Waals surface area contributed by atoms with Gasteiger partial charge in [-0.2, -0.15) is 5.21 Å². The van der Waals surface area contributed by atoms with Gasteiger partial charge in [0.15, 0.2) is 5.82 Å². The van der Waals surface area contributed by atoms with Gasteiger partial charge in [0.05, 0.1) is 12.2 Å². The monoisotopic (exact) mass is 430 g/mol. The number of aliphatic hydroxyl groups excluding tert-OH is 2. The van der Waals surface area contributed by atoms with Crippen molar-refractivity contribution in [2.75, 3.05) is 0 Å². The summed E-state index contributed by atoms with van der Waals surface area (Å²) in [7, 11) is 0. The zero-order valence-corrected chi connectivity index (χ0v) is 19.8. The van der Waals surface area contributed by atoms with Crippen molar-refractivity contribution in [1.29, 1.82) is 0 Å². The van der Waals surface area contributed by atoms with Crippen LogP contribution >= 0.6 is 0 Å². The van der Waals surface area contributed by atoms with Crippen molar-refractivity contribution < 1.29 is 10.2 Å². The molecular formula is C25H42N4O2. The Morgan fingerprint density at radius 1 is 1.03 bits per heavy atom. The van der Waals surface area contributed by atoms with Crippen LogP contribution in [-0.4, -0.2) is 43.0 Å². The lowest BCUT2D eigenvalue weighted by molar-refractivity contribution is -0.203. The van der Waals surface area contributed by atoms with E-state index in [-0.39, 0.29) is 17.6 Å². The molecule has 3 N–H and O–H groups in total. The van der Waals surface area contributed by atoms with Crippen molar-refractivity contribution in [2.45, 2.75) is 97.7 Å². The minimum Gasteiger partial charge on any atom is -0.393 e. The number of tetrazole rings is 1. The molecule has 4 aliphatic carbocycles. The van der Waals surface area contributed by atoms with E-state index in [4.69, 9.17) is 0 Å². The Balaban J connectivity index is 1.43. The van der Waals surface area contributed by atoms with Crippen molar-refractivity contribution in [3.63, 3.8) is 0 Å². The fourth-order valence-corrected chi connectivity index (χ4v) is 9.63. The molecule has 0 saturated heterocycles. The molecule has 5 rings (SSSR count). The Morgan fingerprint density at radius 3 is 2.48 bits per heavy atom. The Bertz CT molecular complexity index is 772. The first-order valence-electron chi connectivity index (χ1n) is 12.9. The molecular weight excluding hydrogens is 388 g/mol. The number of aromatic nitrogens is 4. The van der Waals surface area contributed by atoms with E-state index in [1.807, 2.05) is 0 Å². The molecule has 0 aliphatic heterocycles. The molecule has 4 unspecified atom stereocenters. The first-order chi connectivity index (χ1) is 14.8. The number of nitrogens with zero attached hydrogens (tertiary/aromatic N) is 3. The molecule has 1 aromatic rings. The minimum atomic E-state index is -0.214. The highest BCUT2D eigenvalue weighted by molar-refractivity contribution is 5.13. The molecule has 0 radical (unpaired) electrons. The van der Waals surface area contributed by atoms with Crippen LogP contribution in [0.2, 0.25) is 0 Å². The van der Waals surface area contributed by atoms with Gasteiger partial charge in [-0.15, -0.1) is 10.2 Å². The average Bonchev–Trinajstić information content (AvgIpc) is 3.36. The van der Waals surface area contributed by atoms with Gasteiger partial charge in [0, 0.05) is 6.42 Å². The molecule has 11 atom stereocenters. The van der Waals surface area contributed by atoms with Gasteiger partial charge in [0.1, 0.15) is 0 Å². The Hall–Kier alpha value is -1.01. The van der Waals surface area contributed by atoms with Crippen molar-refractivity contribution in [3.05, 3.63) is 5.82 Å². The number of fused-ring (bicyclic) bond motifs is 5. The largest absolute Gasteiger partial charge is 0.393 e. The third-order valence-corrected chi connectivity index (χ3v) is 11.0. The summed E-state index contributed by atoms with van der Waals surface area (Å²) >= 11 is 0. The number of aliphatic hydroxyl groups is 2. The third kappa shape index (κ3) is 3.22. The summed E-state index contributed by atoms with van der Waals surface area (Å²) in [5, 5.41) is 37.0. The van der Waals surface area contributed by atoms with E-state index in [1.165, 1.54) is 25.7 Å². The lowest BCUT2D eigenvalue weighted by atomic mass is 9.41. The molecule has 0 spiro atoms. The van der Waals surface area contributed by atoms with Crippen LogP contribution in [-0.2, 0) is 6.42 Å². The predicted molar refractivity (Wildman–Crippen MR) is 119 cm³/mol. The van der Waals surface area contributed by atoms with Gasteiger partial charge >= 0.3 is 0 Å². The topological polar surface area (TPSA) is 94.9 Å². The summed E-state index contributed by atoms with van der Waals surface area (Å²) in [6.07, 6.45) is 9.49. The fourth-order valence-electron chi connectivity index (χ4n) is 9.63. The second-order valence-corrected chi connectivity index (χ2v) is 12.1. The molecule has 1 heterocycles. The summed E-state index contributed by atoms with van der Waals surface area (Å²) in [5.74, 6) is 4.44. The SMILES string of the molecule is CC[C@@H]1C2C[C@H](O)CC[C@]2(C)C2CC[C@@]3(C)C(CC[C@@H]3[C@H](C)Cc3nn[nH]n3)C2[C@@H]1O. The number of hydrogen-bond donors (Lipinski definition) is 3. The van der Waals surface area contributed by atoms with Gasteiger partial charge < -0.3 is 10.2 Å². The molecule has 4 aliphatic rings. The zero-order valence-electron chi connectivity index (χ0n) is 19.8. The summed E-state index contributed by atoms with van der Waals surface area (Å²) in [4.78, 5) is 0. The van der Waals surface area contributed by atoms with Gasteiger partial charge in [-0.3, -0.25) is 0 Å². The summed E-state index contributed by atoms with van der Waals surface area (Å²) in [6, 6.07) is 0. The molecule has 0 bridgehead atoms. The van der Waals surface area contributed by atoms with E-state index < -0.39 is 0 Å². The average molecular weight is 431 g/mol. The highest BCUT2D eigenvalue weighted by Gasteiger charge is 2.64. The van der Waals surface area contributed by atoms with Crippen LogP contribution in [0.25, 0.3) is 0 Å². The highest BCUT2D eigenvalue weighted by Crippen LogP contribution is 2.69. The zero-order chi connectivity index (χ0) is 22.0. The second-order valence-electron chi connectivity index (χ2n) is 12.1. The summed E-state index contributed by atoms with van der Waals surface area (Å²) < 4.78 is 0. The number of nitrogens with one attached hydrogen (secondary N) is 1. The van der Waals surface area contributed by atoms with Crippen molar-refractivity contribution in [2.24, 2.45) is 52.3 Å². The Labute approximate surface area is 187 Å². The third-order valence-electron chi connectivity index (χ3n) is 11.0. The molecule has 4 saturated carbocycles. The number of rotatable bonds is 4. The summed E-state index contributed by atoms with van der Waals surface area (Å²) in [6.45, 7) is 9.67. The number of aromatic amines is 1. The lowest BCUT2D eigenvalue weighted by Crippen LogP contribution is -2.62. The maximum absolute atomic E-state index is 11.8. The van der Waals surface area contributed by atoms with Crippen molar-refractivity contribution in [3.8, 4) is 0 Å². The van der Waals surface area contributed by atoms with Crippen LogP contribution in [0.5, 0.6) is 0 Å². The van der Waals surface area contributed by atoms with Crippen molar-refractivity contribution >= 4 is 0 Å². The predicted octanol–water partition coefficient (Wildman–Crippen LogP) is 4.01. The van der Waals surface area contributed by atoms with E-state index in [0.717, 1.165) is 37.9 Å². The molecule has 174 valence electrons. The smallest absolute Gasteiger partial charge is 0.174 e. The lowest BCUT2D eigenvalue weighted by Gasteiger charge is -2.64. The van der Waals surface area contributed by atoms with E-state index in [1.54, 1.807) is 0 Å². The molecule has 4 fully saturated rings. The summed E-state index contributed by atoms with van der Waals surface area (Å²) in [5.41, 5.74) is 0.570. The first-order valence-corrected chi connectivity index (χ1v) is 12.9. The van der Waals surface area contributed by atoms with E-state index in [0.29, 0.717) is 46.8 Å². The molecule has 0 aromatic carbocycles. The van der Waals surface area contributed by atoms with E-state index in [2.05, 4.69) is 48.3 Å². The van der Waals surface area contributed by atoms with E-state index >= 15 is 0 Å². The van der Waals surface area contributed by atoms with E-state index in [9.17, 15) is 10.2 Å². The molecule has 1 aromatic heterocycles. The van der Waals surface area contributed by atoms with Crippen LogP contribution < -0.4 is 0 Å². The standard InChI is InChI=1S/C25H42N4O2/c1-5-16-20-13-15(30)8-10-25(20,4)19-9-11-24(3)17(6-7-18(24)22(19)23(16)31)14(2)12-21-26-28-29-27-21/h14-20,22-23,30-31H,5-13H2,1-4H3,(H,26,27,28,29)/t14-,15-,16-,17-,18?,19?,20?,22?,23-,24-,25-/m1/s1. The highest BCUT2D eigenvalue weighted by atomic mass is 16.3. The van der Waals surface area contributed by atoms with Crippen LogP contribution in [0.4, 0.5) is 0 Å². The second kappa shape index (κ2) is 7.79. The van der Waals surface area contributed by atoms with Gasteiger partial charge in [-0.25, -0.2) is 0 Å². The molecule has 31 heavy (non-hydrogen) atoms. The van der Waals surface area contributed by atoms with Crippen LogP contribution in [0.3, 0.4) is 0 Å². The number of H-pyrrole nitrogens is 1. The number of hydrogen-bond acceptors (Lipinski definition) is 5. The molecule has 6 heteroatoms. The molecule has 6 nitrogen and oxygen atoms in total. The quantitative estimate of drug-likeness (QED) is 0.671.